The van der Waals surface area contributed by atoms with E-state index < -0.39 is 0 Å². The number of allylic oxidation sites excluding steroid dienone is 4. The highest BCUT2D eigenvalue weighted by Gasteiger charge is 2.18. The van der Waals surface area contributed by atoms with Crippen molar-refractivity contribution in [1.82, 2.24) is 4.57 Å². The molecule has 1 aliphatic rings. The number of hydrogen-bond donors (Lipinski definition) is 0. The molecule has 39 heavy (non-hydrogen) atoms. The average Bonchev–Trinajstić information content (AvgIpc) is 3.52. The molecule has 0 aliphatic heterocycles. The Morgan fingerprint density at radius 1 is 0.641 bits per heavy atom. The lowest BCUT2D eigenvalue weighted by molar-refractivity contribution is 0.669. The van der Waals surface area contributed by atoms with Crippen molar-refractivity contribution in [1.29, 1.82) is 0 Å². The minimum absolute atomic E-state index is 0.390. The lowest BCUT2D eigenvalue weighted by Crippen LogP contribution is -2.09. The van der Waals surface area contributed by atoms with Crippen LogP contribution in [0.5, 0.6) is 0 Å². The maximum Gasteiger partial charge on any atom is 0.136 e. The first-order chi connectivity index (χ1) is 19.2. The topological polar surface area (TPSA) is 18.1 Å². The van der Waals surface area contributed by atoms with Crippen molar-refractivity contribution >= 4 is 64.0 Å². The highest BCUT2D eigenvalue weighted by atomic mass is 31.0. The monoisotopic (exact) mass is 519 g/mol. The summed E-state index contributed by atoms with van der Waals surface area (Å²) in [7, 11) is 2.89. The standard InChI is InChI=1S/C36H26NOP/c39-36-12-6-3-7-27(36)23-13-17-26(18-14-23)37-32-10-4-1-8-28(32)29-19-15-24(21-33(29)37)25-16-20-31-30-9-2-5-11-34(30)38-35(31)22-25/h1-13,15-23H,14,39H2. The second-order valence-corrected chi connectivity index (χ2v) is 11.0. The van der Waals surface area contributed by atoms with Crippen LogP contribution < -0.4 is 5.30 Å². The Kier molecular flexibility index (Phi) is 5.11. The minimum atomic E-state index is 0.390. The zero-order valence-corrected chi connectivity index (χ0v) is 22.5. The van der Waals surface area contributed by atoms with Crippen LogP contribution in [0.4, 0.5) is 0 Å². The van der Waals surface area contributed by atoms with Gasteiger partial charge in [0.1, 0.15) is 11.2 Å². The van der Waals surface area contributed by atoms with Crippen LogP contribution in [0, 0.1) is 0 Å². The van der Waals surface area contributed by atoms with Crippen LogP contribution in [0.2, 0.25) is 0 Å². The molecule has 186 valence electrons. The third-order valence-corrected chi connectivity index (χ3v) is 8.65. The molecule has 3 heteroatoms. The van der Waals surface area contributed by atoms with Gasteiger partial charge in [0.2, 0.25) is 0 Å². The number of furan rings is 1. The quantitative estimate of drug-likeness (QED) is 0.213. The van der Waals surface area contributed by atoms with Crippen LogP contribution >= 0.6 is 9.24 Å². The van der Waals surface area contributed by atoms with E-state index in [2.05, 4.69) is 129 Å². The molecule has 0 N–H and O–H groups in total. The number of para-hydroxylation sites is 2. The summed E-state index contributed by atoms with van der Waals surface area (Å²) in [6.07, 6.45) is 8.02. The fourth-order valence-corrected chi connectivity index (χ4v) is 6.61. The van der Waals surface area contributed by atoms with Crippen LogP contribution in [0.15, 0.2) is 132 Å². The molecular formula is C36H26NOP. The zero-order chi connectivity index (χ0) is 25.9. The van der Waals surface area contributed by atoms with Crippen molar-refractivity contribution in [2.75, 3.05) is 0 Å². The number of nitrogens with zero attached hydrogens (tertiary/aromatic N) is 1. The van der Waals surface area contributed by atoms with Crippen LogP contribution in [0.3, 0.4) is 0 Å². The normalized spacial score (nSPS) is 15.5. The fraction of sp³-hybridized carbons (Fsp3) is 0.0556. The van der Waals surface area contributed by atoms with Crippen molar-refractivity contribution in [3.05, 3.63) is 133 Å². The number of fused-ring (bicyclic) bond motifs is 6. The number of aromatic nitrogens is 1. The molecule has 2 aromatic heterocycles. The molecule has 0 saturated heterocycles. The molecule has 7 aromatic rings. The summed E-state index contributed by atoms with van der Waals surface area (Å²) in [5.74, 6) is 0.390. The molecule has 0 saturated carbocycles. The molecule has 2 unspecified atom stereocenters. The van der Waals surface area contributed by atoms with Gasteiger partial charge in [-0.1, -0.05) is 91.0 Å². The molecule has 0 amide bonds. The Balaban J connectivity index is 1.26. The maximum absolute atomic E-state index is 6.20. The summed E-state index contributed by atoms with van der Waals surface area (Å²) in [6, 6.07) is 39.0. The molecule has 0 fully saturated rings. The van der Waals surface area contributed by atoms with E-state index in [-0.39, 0.29) is 0 Å². The van der Waals surface area contributed by atoms with Gasteiger partial charge in [-0.2, -0.15) is 0 Å². The van der Waals surface area contributed by atoms with E-state index >= 15 is 0 Å². The predicted octanol–water partition coefficient (Wildman–Crippen LogP) is 9.45. The predicted molar refractivity (Wildman–Crippen MR) is 169 cm³/mol. The molecule has 2 heterocycles. The Labute approximate surface area is 229 Å². The second kappa shape index (κ2) is 8.83. The molecule has 2 atom stereocenters. The fourth-order valence-electron chi connectivity index (χ4n) is 6.19. The number of benzene rings is 5. The number of rotatable bonds is 3. The van der Waals surface area contributed by atoms with Gasteiger partial charge in [-0.3, -0.25) is 0 Å². The largest absolute Gasteiger partial charge is 0.456 e. The Bertz CT molecular complexity index is 2120. The SMILES string of the molecule is Pc1ccccc1C1C=CC(n2c3ccccc3c3ccc(-c4ccc5c(c4)oc4ccccc45)cc32)=CC1. The number of hydrogen-bond acceptors (Lipinski definition) is 1. The zero-order valence-electron chi connectivity index (χ0n) is 21.3. The lowest BCUT2D eigenvalue weighted by atomic mass is 9.91. The van der Waals surface area contributed by atoms with E-state index in [1.54, 1.807) is 0 Å². The molecule has 0 radical (unpaired) electrons. The Morgan fingerprint density at radius 2 is 1.33 bits per heavy atom. The van der Waals surface area contributed by atoms with Gasteiger partial charge in [0.05, 0.1) is 11.0 Å². The summed E-state index contributed by atoms with van der Waals surface area (Å²) in [4.78, 5) is 0. The van der Waals surface area contributed by atoms with Gasteiger partial charge in [-0.15, -0.1) is 9.24 Å². The van der Waals surface area contributed by atoms with Crippen molar-refractivity contribution in [3.63, 3.8) is 0 Å². The summed E-state index contributed by atoms with van der Waals surface area (Å²) < 4.78 is 8.62. The maximum atomic E-state index is 6.20. The molecule has 8 rings (SSSR count). The van der Waals surface area contributed by atoms with Gasteiger partial charge >= 0.3 is 0 Å². The van der Waals surface area contributed by atoms with Crippen LogP contribution in [-0.2, 0) is 0 Å². The van der Waals surface area contributed by atoms with Crippen molar-refractivity contribution < 1.29 is 4.42 Å². The third-order valence-electron chi connectivity index (χ3n) is 8.12. The Morgan fingerprint density at radius 3 is 2.18 bits per heavy atom. The highest BCUT2D eigenvalue weighted by Crippen LogP contribution is 2.38. The van der Waals surface area contributed by atoms with E-state index in [1.165, 1.54) is 43.9 Å². The highest BCUT2D eigenvalue weighted by molar-refractivity contribution is 7.27. The lowest BCUT2D eigenvalue weighted by Gasteiger charge is -2.20. The molecular weight excluding hydrogens is 493 g/mol. The van der Waals surface area contributed by atoms with Gasteiger partial charge in [0.25, 0.3) is 0 Å². The van der Waals surface area contributed by atoms with E-state index in [4.69, 9.17) is 4.42 Å². The van der Waals surface area contributed by atoms with E-state index in [9.17, 15) is 0 Å². The van der Waals surface area contributed by atoms with Crippen LogP contribution in [-0.4, -0.2) is 4.57 Å². The first-order valence-corrected chi connectivity index (χ1v) is 14.0. The Hall–Kier alpha value is -4.39. The minimum Gasteiger partial charge on any atom is -0.456 e. The molecule has 0 spiro atoms. The van der Waals surface area contributed by atoms with Crippen molar-refractivity contribution in [3.8, 4) is 11.1 Å². The van der Waals surface area contributed by atoms with Gasteiger partial charge in [0.15, 0.2) is 0 Å². The van der Waals surface area contributed by atoms with E-state index in [0.29, 0.717) is 5.92 Å². The summed E-state index contributed by atoms with van der Waals surface area (Å²) in [5, 5.41) is 6.13. The van der Waals surface area contributed by atoms with E-state index in [0.717, 1.165) is 33.9 Å². The average molecular weight is 520 g/mol. The van der Waals surface area contributed by atoms with Gasteiger partial charge in [-0.05, 0) is 64.8 Å². The summed E-state index contributed by atoms with van der Waals surface area (Å²) >= 11 is 0. The summed E-state index contributed by atoms with van der Waals surface area (Å²) in [5.41, 5.74) is 9.25. The van der Waals surface area contributed by atoms with E-state index in [1.807, 2.05) is 12.1 Å². The van der Waals surface area contributed by atoms with Crippen LogP contribution in [0.25, 0.3) is 60.6 Å². The molecule has 0 bridgehead atoms. The first-order valence-electron chi connectivity index (χ1n) is 13.4. The second-order valence-electron chi connectivity index (χ2n) is 10.4. The van der Waals surface area contributed by atoms with Crippen LogP contribution in [0.1, 0.15) is 17.9 Å². The molecule has 5 aromatic carbocycles. The molecule has 2 nitrogen and oxygen atoms in total. The third kappa shape index (κ3) is 3.60. The van der Waals surface area contributed by atoms with Crippen molar-refractivity contribution in [2.45, 2.75) is 12.3 Å². The molecule has 1 aliphatic carbocycles. The van der Waals surface area contributed by atoms with Gasteiger partial charge < -0.3 is 8.98 Å². The smallest absolute Gasteiger partial charge is 0.136 e. The summed E-state index contributed by atoms with van der Waals surface area (Å²) in [6.45, 7) is 0. The van der Waals surface area contributed by atoms with Gasteiger partial charge in [-0.25, -0.2) is 0 Å². The van der Waals surface area contributed by atoms with Gasteiger partial charge in [0, 0.05) is 33.2 Å². The first kappa shape index (κ1) is 22.6. The van der Waals surface area contributed by atoms with Crippen molar-refractivity contribution in [2.24, 2.45) is 0 Å².